The maximum Gasteiger partial charge on any atom is 0.284 e. The highest BCUT2D eigenvalue weighted by atomic mass is 32.1. The number of hydrogen-bond acceptors (Lipinski definition) is 8. The number of anilines is 1. The summed E-state index contributed by atoms with van der Waals surface area (Å²) < 4.78 is 22.6. The molecule has 0 unspecified atom stereocenters. The standard InChI is InChI=1S/C26H25N3O5S/c1-5-34-18-11-9-17(10-12-18)16-27-29(25(30)20-7-6-8-22(32-3)24(20)33-4)26-28-21-14-13-19(31-2)15-23(21)35-26/h6-16H,5H2,1-4H3/b27-16+. The number of rotatable bonds is 9. The maximum atomic E-state index is 13.8. The van der Waals surface area contributed by atoms with Crippen molar-refractivity contribution in [2.45, 2.75) is 6.92 Å². The highest BCUT2D eigenvalue weighted by Crippen LogP contribution is 2.35. The fraction of sp³-hybridized carbons (Fsp3) is 0.192. The number of aromatic nitrogens is 1. The minimum atomic E-state index is -0.408. The lowest BCUT2D eigenvalue weighted by molar-refractivity contribution is 0.0984. The number of carbonyl (C=O) groups is 1. The fourth-order valence-corrected chi connectivity index (χ4v) is 4.36. The number of methoxy groups -OCH3 is 3. The Labute approximate surface area is 207 Å². The zero-order valence-corrected chi connectivity index (χ0v) is 20.7. The van der Waals surface area contributed by atoms with E-state index < -0.39 is 5.91 Å². The Morgan fingerprint density at radius 1 is 1.00 bits per heavy atom. The van der Waals surface area contributed by atoms with Crippen molar-refractivity contribution in [1.29, 1.82) is 0 Å². The van der Waals surface area contributed by atoms with Gasteiger partial charge in [0.25, 0.3) is 5.91 Å². The number of carbonyl (C=O) groups excluding carboxylic acids is 1. The van der Waals surface area contributed by atoms with Crippen LogP contribution in [0.1, 0.15) is 22.8 Å². The van der Waals surface area contributed by atoms with E-state index in [0.717, 1.165) is 21.5 Å². The van der Waals surface area contributed by atoms with E-state index in [2.05, 4.69) is 10.1 Å². The van der Waals surface area contributed by atoms with Crippen molar-refractivity contribution < 1.29 is 23.7 Å². The number of fused-ring (bicyclic) bond motifs is 1. The van der Waals surface area contributed by atoms with Gasteiger partial charge in [0, 0.05) is 0 Å². The summed E-state index contributed by atoms with van der Waals surface area (Å²) in [5, 5.41) is 6.20. The van der Waals surface area contributed by atoms with Gasteiger partial charge in [0.15, 0.2) is 11.5 Å². The summed E-state index contributed by atoms with van der Waals surface area (Å²) >= 11 is 1.33. The van der Waals surface area contributed by atoms with Gasteiger partial charge in [-0.25, -0.2) is 4.98 Å². The Bertz CT molecular complexity index is 1350. The Kier molecular flexibility index (Phi) is 7.47. The van der Waals surface area contributed by atoms with Crippen LogP contribution in [0.15, 0.2) is 65.8 Å². The Morgan fingerprint density at radius 3 is 2.46 bits per heavy atom. The molecule has 1 heterocycles. The number of nitrogens with zero attached hydrogens (tertiary/aromatic N) is 3. The molecule has 0 saturated heterocycles. The zero-order valence-electron chi connectivity index (χ0n) is 19.8. The van der Waals surface area contributed by atoms with E-state index in [1.54, 1.807) is 31.5 Å². The molecule has 3 aromatic carbocycles. The normalized spacial score (nSPS) is 11.0. The van der Waals surface area contributed by atoms with Gasteiger partial charge < -0.3 is 18.9 Å². The molecule has 8 nitrogen and oxygen atoms in total. The minimum absolute atomic E-state index is 0.299. The van der Waals surface area contributed by atoms with Crippen LogP contribution in [0.4, 0.5) is 5.13 Å². The molecule has 1 amide bonds. The molecule has 0 bridgehead atoms. The second-order valence-corrected chi connectivity index (χ2v) is 8.24. The van der Waals surface area contributed by atoms with Crippen molar-refractivity contribution in [2.75, 3.05) is 32.9 Å². The number of para-hydroxylation sites is 1. The third kappa shape index (κ3) is 5.20. The molecule has 9 heteroatoms. The summed E-state index contributed by atoms with van der Waals surface area (Å²) in [6.07, 6.45) is 1.60. The van der Waals surface area contributed by atoms with Gasteiger partial charge in [-0.15, -0.1) is 0 Å². The van der Waals surface area contributed by atoms with Crippen LogP contribution in [0.5, 0.6) is 23.0 Å². The number of thiazole rings is 1. The Hall–Kier alpha value is -4.11. The molecule has 0 atom stereocenters. The van der Waals surface area contributed by atoms with E-state index in [4.69, 9.17) is 18.9 Å². The van der Waals surface area contributed by atoms with Crippen LogP contribution in [0.2, 0.25) is 0 Å². The third-order valence-corrected chi connectivity index (χ3v) is 6.10. The Morgan fingerprint density at radius 2 is 1.77 bits per heavy atom. The first kappa shape index (κ1) is 24.0. The van der Waals surface area contributed by atoms with Crippen LogP contribution < -0.4 is 24.0 Å². The second kappa shape index (κ2) is 10.9. The van der Waals surface area contributed by atoms with Crippen LogP contribution in [-0.4, -0.2) is 45.0 Å². The van der Waals surface area contributed by atoms with Gasteiger partial charge >= 0.3 is 0 Å². The van der Waals surface area contributed by atoms with Gasteiger partial charge in [0.05, 0.1) is 49.9 Å². The Balaban J connectivity index is 1.77. The summed E-state index contributed by atoms with van der Waals surface area (Å²) in [5.74, 6) is 1.83. The van der Waals surface area contributed by atoms with Crippen LogP contribution in [0, 0.1) is 0 Å². The molecule has 35 heavy (non-hydrogen) atoms. The topological polar surface area (TPSA) is 82.5 Å². The molecule has 180 valence electrons. The SMILES string of the molecule is CCOc1ccc(/C=N/N(C(=O)c2cccc(OC)c2OC)c2nc3ccc(OC)cc3s2)cc1. The van der Waals surface area contributed by atoms with E-state index in [-0.39, 0.29) is 0 Å². The van der Waals surface area contributed by atoms with Gasteiger partial charge in [-0.3, -0.25) is 4.79 Å². The molecule has 0 spiro atoms. The molecule has 0 N–H and O–H groups in total. The average Bonchev–Trinajstić information content (AvgIpc) is 3.32. The molecular formula is C26H25N3O5S. The van der Waals surface area contributed by atoms with Crippen LogP contribution >= 0.6 is 11.3 Å². The van der Waals surface area contributed by atoms with Crippen LogP contribution in [0.25, 0.3) is 10.2 Å². The van der Waals surface area contributed by atoms with Gasteiger partial charge in [-0.05, 0) is 67.1 Å². The monoisotopic (exact) mass is 491 g/mol. The molecule has 0 fully saturated rings. The lowest BCUT2D eigenvalue weighted by Gasteiger charge is -2.17. The third-order valence-electron chi connectivity index (χ3n) is 5.10. The van der Waals surface area contributed by atoms with Crippen molar-refractivity contribution in [2.24, 2.45) is 5.10 Å². The number of benzene rings is 3. The van der Waals surface area contributed by atoms with Crippen molar-refractivity contribution in [3.05, 3.63) is 71.8 Å². The minimum Gasteiger partial charge on any atom is -0.497 e. The largest absolute Gasteiger partial charge is 0.497 e. The van der Waals surface area contributed by atoms with Crippen molar-refractivity contribution in [1.82, 2.24) is 4.98 Å². The number of hydrogen-bond donors (Lipinski definition) is 0. The van der Waals surface area contributed by atoms with Gasteiger partial charge in [-0.2, -0.15) is 10.1 Å². The van der Waals surface area contributed by atoms with Crippen molar-refractivity contribution >= 4 is 38.8 Å². The molecule has 1 aromatic heterocycles. The number of amides is 1. The van der Waals surface area contributed by atoms with Gasteiger partial charge in [0.1, 0.15) is 11.5 Å². The summed E-state index contributed by atoms with van der Waals surface area (Å²) in [5.41, 5.74) is 1.83. The van der Waals surface area contributed by atoms with Crippen molar-refractivity contribution in [3.63, 3.8) is 0 Å². The summed E-state index contributed by atoms with van der Waals surface area (Å²) in [6, 6.07) is 18.1. The lowest BCUT2D eigenvalue weighted by atomic mass is 10.1. The first-order valence-electron chi connectivity index (χ1n) is 10.8. The summed E-state index contributed by atoms with van der Waals surface area (Å²) in [7, 11) is 4.62. The molecular weight excluding hydrogens is 466 g/mol. The quantitative estimate of drug-likeness (QED) is 0.230. The number of ether oxygens (including phenoxy) is 4. The number of hydrazone groups is 1. The lowest BCUT2D eigenvalue weighted by Crippen LogP contribution is -2.26. The smallest absolute Gasteiger partial charge is 0.284 e. The average molecular weight is 492 g/mol. The van der Waals surface area contributed by atoms with Gasteiger partial charge in [-0.1, -0.05) is 17.4 Å². The molecule has 0 saturated carbocycles. The zero-order chi connectivity index (χ0) is 24.8. The molecule has 0 radical (unpaired) electrons. The van der Waals surface area contributed by atoms with Gasteiger partial charge in [0.2, 0.25) is 5.13 Å². The highest BCUT2D eigenvalue weighted by molar-refractivity contribution is 7.22. The van der Waals surface area contributed by atoms with E-state index in [0.29, 0.717) is 34.6 Å². The predicted octanol–water partition coefficient (Wildman–Crippen LogP) is 5.40. The molecule has 4 aromatic rings. The fourth-order valence-electron chi connectivity index (χ4n) is 3.41. The highest BCUT2D eigenvalue weighted by Gasteiger charge is 2.25. The van der Waals surface area contributed by atoms with Crippen LogP contribution in [-0.2, 0) is 0 Å². The van der Waals surface area contributed by atoms with E-state index in [1.807, 2.05) is 49.4 Å². The first-order chi connectivity index (χ1) is 17.1. The van der Waals surface area contributed by atoms with Crippen LogP contribution in [0.3, 0.4) is 0 Å². The summed E-state index contributed by atoms with van der Waals surface area (Å²) in [4.78, 5) is 18.4. The first-order valence-corrected chi connectivity index (χ1v) is 11.7. The van der Waals surface area contributed by atoms with E-state index in [1.165, 1.54) is 30.6 Å². The predicted molar refractivity (Wildman–Crippen MR) is 138 cm³/mol. The van der Waals surface area contributed by atoms with E-state index in [9.17, 15) is 4.79 Å². The van der Waals surface area contributed by atoms with E-state index >= 15 is 0 Å². The van der Waals surface area contributed by atoms with Crippen molar-refractivity contribution in [3.8, 4) is 23.0 Å². The second-order valence-electron chi connectivity index (χ2n) is 7.23. The molecule has 0 aliphatic carbocycles. The molecule has 0 aliphatic heterocycles. The maximum absolute atomic E-state index is 13.8. The summed E-state index contributed by atoms with van der Waals surface area (Å²) in [6.45, 7) is 2.51. The molecule has 0 aliphatic rings. The molecule has 4 rings (SSSR count).